The Morgan fingerprint density at radius 3 is 2.33 bits per heavy atom. The molecular weight excluding hydrogens is 386 g/mol. The van der Waals surface area contributed by atoms with Crippen LogP contribution in [-0.4, -0.2) is 42.9 Å². The predicted octanol–water partition coefficient (Wildman–Crippen LogP) is 1.72. The van der Waals surface area contributed by atoms with Gasteiger partial charge in [0.1, 0.15) is 6.04 Å². The summed E-state index contributed by atoms with van der Waals surface area (Å²) in [5.41, 5.74) is 3.06. The molecule has 0 aliphatic rings. The largest absolute Gasteiger partial charge is 0.454 e. The van der Waals surface area contributed by atoms with E-state index in [0.29, 0.717) is 11.3 Å². The first-order chi connectivity index (χ1) is 14.3. The van der Waals surface area contributed by atoms with Gasteiger partial charge in [0, 0.05) is 11.3 Å². The monoisotopic (exact) mass is 411 g/mol. The number of carbonyl (C=O) groups excluding carboxylic acids is 4. The van der Waals surface area contributed by atoms with Crippen molar-refractivity contribution in [3.05, 3.63) is 65.2 Å². The number of aryl methyl sites for hydroxylation is 1. The van der Waals surface area contributed by atoms with Crippen LogP contribution in [0.4, 0.5) is 5.69 Å². The van der Waals surface area contributed by atoms with E-state index in [0.717, 1.165) is 11.1 Å². The fourth-order valence-electron chi connectivity index (χ4n) is 2.50. The van der Waals surface area contributed by atoms with E-state index in [-0.39, 0.29) is 6.54 Å². The molecule has 0 saturated carbocycles. The van der Waals surface area contributed by atoms with E-state index < -0.39 is 36.3 Å². The number of benzene rings is 2. The third kappa shape index (κ3) is 6.73. The predicted molar refractivity (Wildman–Crippen MR) is 112 cm³/mol. The molecule has 158 valence electrons. The standard InChI is InChI=1S/C22H25N3O5/c1-14-8-7-11-18(15(14)2)25-19(26)12-23-20(27)13-30-22(29)16(3)24-21(28)17-9-5-4-6-10-17/h4-11,16H,12-13H2,1-3H3,(H,23,27)(H,24,28)(H,25,26)/t16-/m0/s1. The lowest BCUT2D eigenvalue weighted by atomic mass is 10.1. The van der Waals surface area contributed by atoms with E-state index >= 15 is 0 Å². The van der Waals surface area contributed by atoms with Gasteiger partial charge in [0.2, 0.25) is 5.91 Å². The molecule has 2 rings (SSSR count). The highest BCUT2D eigenvalue weighted by molar-refractivity contribution is 5.97. The van der Waals surface area contributed by atoms with Crippen LogP contribution in [0.1, 0.15) is 28.4 Å². The molecular formula is C22H25N3O5. The second kappa shape index (κ2) is 10.8. The molecule has 2 aromatic carbocycles. The van der Waals surface area contributed by atoms with E-state index in [1.807, 2.05) is 26.0 Å². The number of nitrogens with one attached hydrogen (secondary N) is 3. The van der Waals surface area contributed by atoms with Gasteiger partial charge in [-0.25, -0.2) is 4.79 Å². The van der Waals surface area contributed by atoms with Crippen LogP contribution in [0, 0.1) is 13.8 Å². The Kier molecular flexibility index (Phi) is 8.10. The lowest BCUT2D eigenvalue weighted by Crippen LogP contribution is -2.41. The molecule has 0 aromatic heterocycles. The van der Waals surface area contributed by atoms with Crippen molar-refractivity contribution in [3.63, 3.8) is 0 Å². The number of esters is 1. The third-order valence-electron chi connectivity index (χ3n) is 4.41. The first-order valence-electron chi connectivity index (χ1n) is 9.43. The minimum atomic E-state index is -0.932. The van der Waals surface area contributed by atoms with Crippen LogP contribution in [-0.2, 0) is 19.1 Å². The Bertz CT molecular complexity index is 928. The summed E-state index contributed by atoms with van der Waals surface area (Å²) in [4.78, 5) is 47.8. The molecule has 0 unspecified atom stereocenters. The molecule has 3 N–H and O–H groups in total. The molecule has 8 heteroatoms. The van der Waals surface area contributed by atoms with Gasteiger partial charge in [-0.2, -0.15) is 0 Å². The molecule has 8 nitrogen and oxygen atoms in total. The molecule has 2 aromatic rings. The highest BCUT2D eigenvalue weighted by atomic mass is 16.5. The van der Waals surface area contributed by atoms with Crippen LogP contribution in [0.15, 0.2) is 48.5 Å². The van der Waals surface area contributed by atoms with E-state index in [4.69, 9.17) is 4.74 Å². The molecule has 3 amide bonds. The van der Waals surface area contributed by atoms with Gasteiger partial charge in [-0.3, -0.25) is 14.4 Å². The normalized spacial score (nSPS) is 11.2. The van der Waals surface area contributed by atoms with E-state index in [1.54, 1.807) is 36.4 Å². The summed E-state index contributed by atoms with van der Waals surface area (Å²) < 4.78 is 4.89. The first-order valence-corrected chi connectivity index (χ1v) is 9.43. The van der Waals surface area contributed by atoms with Crippen molar-refractivity contribution in [3.8, 4) is 0 Å². The van der Waals surface area contributed by atoms with Crippen LogP contribution < -0.4 is 16.0 Å². The van der Waals surface area contributed by atoms with Crippen LogP contribution in [0.25, 0.3) is 0 Å². The minimum absolute atomic E-state index is 0.260. The van der Waals surface area contributed by atoms with Crippen molar-refractivity contribution in [1.82, 2.24) is 10.6 Å². The summed E-state index contributed by atoms with van der Waals surface area (Å²) in [6, 6.07) is 13.0. The zero-order chi connectivity index (χ0) is 22.1. The molecule has 30 heavy (non-hydrogen) atoms. The summed E-state index contributed by atoms with van der Waals surface area (Å²) in [7, 11) is 0. The average molecular weight is 411 g/mol. The number of anilines is 1. The molecule has 0 spiro atoms. The van der Waals surface area contributed by atoms with Crippen LogP contribution in [0.2, 0.25) is 0 Å². The zero-order valence-corrected chi connectivity index (χ0v) is 17.2. The first kappa shape index (κ1) is 22.6. The van der Waals surface area contributed by atoms with Gasteiger partial charge in [-0.1, -0.05) is 30.3 Å². The third-order valence-corrected chi connectivity index (χ3v) is 4.41. The smallest absolute Gasteiger partial charge is 0.328 e. The van der Waals surface area contributed by atoms with Crippen molar-refractivity contribution in [2.75, 3.05) is 18.5 Å². The minimum Gasteiger partial charge on any atom is -0.454 e. The fourth-order valence-corrected chi connectivity index (χ4v) is 2.50. The SMILES string of the molecule is Cc1cccc(NC(=O)CNC(=O)COC(=O)[C@H](C)NC(=O)c2ccccc2)c1C. The maximum atomic E-state index is 12.0. The van der Waals surface area contributed by atoms with E-state index in [2.05, 4.69) is 16.0 Å². The summed E-state index contributed by atoms with van der Waals surface area (Å²) in [6.07, 6.45) is 0. The maximum Gasteiger partial charge on any atom is 0.328 e. The van der Waals surface area contributed by atoms with Crippen LogP contribution in [0.3, 0.4) is 0 Å². The van der Waals surface area contributed by atoms with Crippen molar-refractivity contribution < 1.29 is 23.9 Å². The number of hydrogen-bond acceptors (Lipinski definition) is 5. The van der Waals surface area contributed by atoms with Gasteiger partial charge in [-0.15, -0.1) is 0 Å². The zero-order valence-electron chi connectivity index (χ0n) is 17.2. The van der Waals surface area contributed by atoms with Crippen molar-refractivity contribution in [1.29, 1.82) is 0 Å². The molecule has 0 saturated heterocycles. The van der Waals surface area contributed by atoms with E-state index in [1.165, 1.54) is 6.92 Å². The lowest BCUT2D eigenvalue weighted by molar-refractivity contribution is -0.150. The van der Waals surface area contributed by atoms with E-state index in [9.17, 15) is 19.2 Å². The second-order valence-electron chi connectivity index (χ2n) is 6.74. The Balaban J connectivity index is 1.71. The number of hydrogen-bond donors (Lipinski definition) is 3. The van der Waals surface area contributed by atoms with Gasteiger partial charge in [0.05, 0.1) is 6.54 Å². The van der Waals surface area contributed by atoms with Crippen LogP contribution >= 0.6 is 0 Å². The maximum absolute atomic E-state index is 12.0. The molecule has 1 atom stereocenters. The number of ether oxygens (including phenoxy) is 1. The molecule has 0 aliphatic carbocycles. The van der Waals surface area contributed by atoms with Gasteiger partial charge in [-0.05, 0) is 50.1 Å². The highest BCUT2D eigenvalue weighted by Gasteiger charge is 2.19. The van der Waals surface area contributed by atoms with Crippen molar-refractivity contribution in [2.45, 2.75) is 26.8 Å². The number of carbonyl (C=O) groups is 4. The number of amides is 3. The summed E-state index contributed by atoms with van der Waals surface area (Å²) >= 11 is 0. The Morgan fingerprint density at radius 2 is 1.63 bits per heavy atom. The van der Waals surface area contributed by atoms with Gasteiger partial charge >= 0.3 is 5.97 Å². The fraction of sp³-hybridized carbons (Fsp3) is 0.273. The van der Waals surface area contributed by atoms with Gasteiger partial charge < -0.3 is 20.7 Å². The van der Waals surface area contributed by atoms with Crippen molar-refractivity contribution >= 4 is 29.4 Å². The quantitative estimate of drug-likeness (QED) is 0.573. The lowest BCUT2D eigenvalue weighted by Gasteiger charge is -2.14. The Labute approximate surface area is 175 Å². The highest BCUT2D eigenvalue weighted by Crippen LogP contribution is 2.17. The Morgan fingerprint density at radius 1 is 0.933 bits per heavy atom. The van der Waals surface area contributed by atoms with Crippen LogP contribution in [0.5, 0.6) is 0 Å². The summed E-state index contributed by atoms with van der Waals surface area (Å²) in [5.74, 6) is -2.20. The molecule has 0 heterocycles. The molecule has 0 fully saturated rings. The van der Waals surface area contributed by atoms with Gasteiger partial charge in [0.15, 0.2) is 6.61 Å². The number of rotatable bonds is 8. The summed E-state index contributed by atoms with van der Waals surface area (Å²) in [6.45, 7) is 4.47. The Hall–Kier alpha value is -3.68. The van der Waals surface area contributed by atoms with Crippen molar-refractivity contribution in [2.24, 2.45) is 0 Å². The topological polar surface area (TPSA) is 114 Å². The molecule has 0 bridgehead atoms. The van der Waals surface area contributed by atoms with Gasteiger partial charge in [0.25, 0.3) is 11.8 Å². The molecule has 0 aliphatic heterocycles. The second-order valence-corrected chi connectivity index (χ2v) is 6.74. The molecule has 0 radical (unpaired) electrons. The average Bonchev–Trinajstić information content (AvgIpc) is 2.74. The summed E-state index contributed by atoms with van der Waals surface area (Å²) in [5, 5.41) is 7.60.